The van der Waals surface area contributed by atoms with E-state index in [4.69, 9.17) is 11.6 Å². The fourth-order valence-electron chi connectivity index (χ4n) is 0.901. The average molecular weight is 206 g/mol. The molecule has 0 fully saturated rings. The molecule has 0 aromatic carbocycles. The molecule has 0 spiro atoms. The summed E-state index contributed by atoms with van der Waals surface area (Å²) in [5.41, 5.74) is 0. The van der Waals surface area contributed by atoms with Gasteiger partial charge in [-0.05, 0) is 25.4 Å². The van der Waals surface area contributed by atoms with Crippen LogP contribution in [0.5, 0.6) is 0 Å². The third-order valence-electron chi connectivity index (χ3n) is 1.84. The molecule has 0 aliphatic heterocycles. The van der Waals surface area contributed by atoms with E-state index in [2.05, 4.69) is 5.32 Å². The molecule has 1 aromatic rings. The van der Waals surface area contributed by atoms with E-state index in [1.165, 1.54) is 11.3 Å². The summed E-state index contributed by atoms with van der Waals surface area (Å²) in [6, 6.07) is 1.83. The van der Waals surface area contributed by atoms with Crippen LogP contribution in [0.1, 0.15) is 17.9 Å². The Bertz CT molecular complexity index is 251. The zero-order valence-electron chi connectivity index (χ0n) is 7.04. The van der Waals surface area contributed by atoms with Crippen LogP contribution in [0.25, 0.3) is 0 Å². The maximum atomic E-state index is 9.72. The predicted molar refractivity (Wildman–Crippen MR) is 52.8 cm³/mol. The molecule has 2 nitrogen and oxygen atoms in total. The molecular formula is C8H12ClNOS. The Hall–Kier alpha value is -0.0900. The molecule has 1 aromatic heterocycles. The molecule has 0 bridgehead atoms. The maximum Gasteiger partial charge on any atom is 0.105 e. The summed E-state index contributed by atoms with van der Waals surface area (Å²) < 4.78 is 0. The highest BCUT2D eigenvalue weighted by Crippen LogP contribution is 2.30. The molecule has 1 rings (SSSR count). The molecule has 0 amide bonds. The first-order valence-corrected chi connectivity index (χ1v) is 5.00. The minimum absolute atomic E-state index is 0.0288. The number of hydrogen-bond donors (Lipinski definition) is 2. The number of rotatable bonds is 3. The van der Waals surface area contributed by atoms with E-state index in [0.29, 0.717) is 5.02 Å². The van der Waals surface area contributed by atoms with Gasteiger partial charge in [-0.3, -0.25) is 0 Å². The number of aliphatic hydroxyl groups excluding tert-OH is 1. The van der Waals surface area contributed by atoms with Gasteiger partial charge in [0.1, 0.15) is 6.10 Å². The van der Waals surface area contributed by atoms with Crippen LogP contribution in [-0.2, 0) is 0 Å². The SMILES string of the molecule is CN[C@@H](C)C(O)c1sccc1Cl. The van der Waals surface area contributed by atoms with Crippen molar-refractivity contribution in [2.75, 3.05) is 7.05 Å². The highest BCUT2D eigenvalue weighted by Gasteiger charge is 2.18. The van der Waals surface area contributed by atoms with Gasteiger partial charge in [-0.2, -0.15) is 0 Å². The second-order valence-corrected chi connectivity index (χ2v) is 4.01. The number of thiophene rings is 1. The van der Waals surface area contributed by atoms with Crippen LogP contribution in [0.3, 0.4) is 0 Å². The minimum Gasteiger partial charge on any atom is -0.386 e. The Morgan fingerprint density at radius 2 is 2.33 bits per heavy atom. The van der Waals surface area contributed by atoms with Crippen LogP contribution in [0, 0.1) is 0 Å². The van der Waals surface area contributed by atoms with Crippen LogP contribution in [0.15, 0.2) is 11.4 Å². The average Bonchev–Trinajstić information content (AvgIpc) is 2.48. The Morgan fingerprint density at radius 3 is 2.75 bits per heavy atom. The molecule has 12 heavy (non-hydrogen) atoms. The van der Waals surface area contributed by atoms with Gasteiger partial charge < -0.3 is 10.4 Å². The van der Waals surface area contributed by atoms with Crippen molar-refractivity contribution in [1.29, 1.82) is 0 Å². The first-order valence-electron chi connectivity index (χ1n) is 3.75. The van der Waals surface area contributed by atoms with E-state index >= 15 is 0 Å². The van der Waals surface area contributed by atoms with Crippen molar-refractivity contribution in [3.8, 4) is 0 Å². The molecule has 0 aliphatic carbocycles. The highest BCUT2D eigenvalue weighted by atomic mass is 35.5. The standard InChI is InChI=1S/C8H12ClNOS/c1-5(10-2)7(11)8-6(9)3-4-12-8/h3-5,7,10-11H,1-2H3/t5-,7?/m0/s1. The molecule has 4 heteroatoms. The molecule has 0 radical (unpaired) electrons. The second kappa shape index (κ2) is 4.23. The van der Waals surface area contributed by atoms with Gasteiger partial charge in [0.15, 0.2) is 0 Å². The lowest BCUT2D eigenvalue weighted by Gasteiger charge is -2.16. The van der Waals surface area contributed by atoms with Crippen molar-refractivity contribution in [2.24, 2.45) is 0 Å². The van der Waals surface area contributed by atoms with Gasteiger partial charge >= 0.3 is 0 Å². The van der Waals surface area contributed by atoms with E-state index in [0.717, 1.165) is 4.88 Å². The molecule has 0 saturated carbocycles. The molecule has 2 atom stereocenters. The quantitative estimate of drug-likeness (QED) is 0.792. The first-order chi connectivity index (χ1) is 5.66. The fourth-order valence-corrected chi connectivity index (χ4v) is 2.16. The number of halogens is 1. The van der Waals surface area contributed by atoms with E-state index in [1.807, 2.05) is 19.4 Å². The Labute approximate surface area is 81.2 Å². The van der Waals surface area contributed by atoms with Gasteiger partial charge in [-0.15, -0.1) is 11.3 Å². The predicted octanol–water partition coefficient (Wildman–Crippen LogP) is 2.04. The van der Waals surface area contributed by atoms with Gasteiger partial charge in [0, 0.05) is 6.04 Å². The van der Waals surface area contributed by atoms with Crippen LogP contribution in [-0.4, -0.2) is 18.2 Å². The topological polar surface area (TPSA) is 32.3 Å². The fraction of sp³-hybridized carbons (Fsp3) is 0.500. The summed E-state index contributed by atoms with van der Waals surface area (Å²) in [5.74, 6) is 0. The van der Waals surface area contributed by atoms with Gasteiger partial charge in [0.2, 0.25) is 0 Å². The molecular weight excluding hydrogens is 194 g/mol. The van der Waals surface area contributed by atoms with E-state index < -0.39 is 6.10 Å². The molecule has 1 heterocycles. The summed E-state index contributed by atoms with van der Waals surface area (Å²) in [6.07, 6.45) is -0.512. The highest BCUT2D eigenvalue weighted by molar-refractivity contribution is 7.10. The van der Waals surface area contributed by atoms with Crippen LogP contribution in [0.4, 0.5) is 0 Å². The summed E-state index contributed by atoms with van der Waals surface area (Å²) >= 11 is 7.34. The van der Waals surface area contributed by atoms with Crippen LogP contribution in [0.2, 0.25) is 5.02 Å². The number of hydrogen-bond acceptors (Lipinski definition) is 3. The normalized spacial score (nSPS) is 16.0. The summed E-state index contributed by atoms with van der Waals surface area (Å²) in [4.78, 5) is 0.832. The lowest BCUT2D eigenvalue weighted by Crippen LogP contribution is -2.28. The summed E-state index contributed by atoms with van der Waals surface area (Å²) in [6.45, 7) is 1.92. The third kappa shape index (κ3) is 1.98. The maximum absolute atomic E-state index is 9.72. The first kappa shape index (κ1) is 9.99. The van der Waals surface area contributed by atoms with Gasteiger partial charge in [0.05, 0.1) is 9.90 Å². The van der Waals surface area contributed by atoms with Crippen LogP contribution >= 0.6 is 22.9 Å². The van der Waals surface area contributed by atoms with Crippen LogP contribution < -0.4 is 5.32 Å². The third-order valence-corrected chi connectivity index (χ3v) is 3.27. The van der Waals surface area contributed by atoms with Crippen molar-refractivity contribution in [2.45, 2.75) is 19.1 Å². The molecule has 0 aliphatic rings. The van der Waals surface area contributed by atoms with E-state index in [9.17, 15) is 5.11 Å². The summed E-state index contributed by atoms with van der Waals surface area (Å²) in [7, 11) is 1.81. The Balaban J connectivity index is 2.77. The van der Waals surface area contributed by atoms with Gasteiger partial charge in [-0.25, -0.2) is 0 Å². The smallest absolute Gasteiger partial charge is 0.105 e. The monoisotopic (exact) mass is 205 g/mol. The zero-order valence-corrected chi connectivity index (χ0v) is 8.62. The van der Waals surface area contributed by atoms with Crippen molar-refractivity contribution in [3.05, 3.63) is 21.3 Å². The Kier molecular flexibility index (Phi) is 3.53. The Morgan fingerprint density at radius 1 is 1.67 bits per heavy atom. The van der Waals surface area contributed by atoms with E-state index in [-0.39, 0.29) is 6.04 Å². The van der Waals surface area contributed by atoms with E-state index in [1.54, 1.807) is 6.07 Å². The molecule has 1 unspecified atom stereocenters. The van der Waals surface area contributed by atoms with Crippen molar-refractivity contribution in [3.63, 3.8) is 0 Å². The van der Waals surface area contributed by atoms with Gasteiger partial charge in [-0.1, -0.05) is 11.6 Å². The van der Waals surface area contributed by atoms with Crippen molar-refractivity contribution in [1.82, 2.24) is 5.32 Å². The van der Waals surface area contributed by atoms with Crippen molar-refractivity contribution < 1.29 is 5.11 Å². The molecule has 0 saturated heterocycles. The van der Waals surface area contributed by atoms with Gasteiger partial charge in [0.25, 0.3) is 0 Å². The molecule has 68 valence electrons. The zero-order chi connectivity index (χ0) is 9.14. The molecule has 2 N–H and O–H groups in total. The second-order valence-electron chi connectivity index (χ2n) is 2.65. The minimum atomic E-state index is -0.512. The van der Waals surface area contributed by atoms with Crippen molar-refractivity contribution >= 4 is 22.9 Å². The lowest BCUT2D eigenvalue weighted by molar-refractivity contribution is 0.144. The summed E-state index contributed by atoms with van der Waals surface area (Å²) in [5, 5.41) is 15.2. The number of nitrogens with one attached hydrogen (secondary N) is 1. The number of aliphatic hydroxyl groups is 1. The lowest BCUT2D eigenvalue weighted by atomic mass is 10.1. The largest absolute Gasteiger partial charge is 0.386 e. The number of likely N-dealkylation sites (N-methyl/N-ethyl adjacent to an activating group) is 1.